The number of nitrogens with one attached hydrogen (secondary N) is 1. The molecule has 2 nitrogen and oxygen atoms in total. The smallest absolute Gasteiger partial charge is 0.377 e. The summed E-state index contributed by atoms with van der Waals surface area (Å²) < 4.78 is 39.2. The summed E-state index contributed by atoms with van der Waals surface area (Å²) in [6.07, 6.45) is -2.29. The average molecular weight is 334 g/mol. The third kappa shape index (κ3) is 3.66. The molecule has 0 saturated carbocycles. The molecule has 0 spiro atoms. The van der Waals surface area contributed by atoms with Crippen LogP contribution >= 0.6 is 0 Å². The van der Waals surface area contributed by atoms with E-state index in [0.717, 1.165) is 43.2 Å². The van der Waals surface area contributed by atoms with Gasteiger partial charge in [-0.25, -0.2) is 0 Å². The molecule has 1 aliphatic heterocycles. The van der Waals surface area contributed by atoms with E-state index in [-0.39, 0.29) is 6.04 Å². The lowest BCUT2D eigenvalue weighted by atomic mass is 10.1. The standard InChI is InChI=1S/C19H21F3N2/c1-14(15-7-3-2-4-8-15)23-17-10-9-16(19(20,21)22)13-18(17)24-11-5-6-12-24/h2-4,7-10,13-14,23H,5-6,11-12H2,1H3. The van der Waals surface area contributed by atoms with Crippen LogP contribution in [0.15, 0.2) is 48.5 Å². The van der Waals surface area contributed by atoms with Crippen LogP contribution in [0.5, 0.6) is 0 Å². The molecule has 2 aromatic rings. The third-order valence-corrected chi connectivity index (χ3v) is 4.44. The van der Waals surface area contributed by atoms with Crippen molar-refractivity contribution in [3.63, 3.8) is 0 Å². The first kappa shape index (κ1) is 16.7. The van der Waals surface area contributed by atoms with Crippen LogP contribution < -0.4 is 10.2 Å². The Balaban J connectivity index is 1.91. The summed E-state index contributed by atoms with van der Waals surface area (Å²) in [7, 11) is 0. The maximum atomic E-state index is 13.1. The fourth-order valence-corrected chi connectivity index (χ4v) is 3.11. The van der Waals surface area contributed by atoms with Crippen LogP contribution in [-0.2, 0) is 6.18 Å². The Morgan fingerprint density at radius 3 is 2.29 bits per heavy atom. The molecule has 1 aliphatic rings. The van der Waals surface area contributed by atoms with Crippen molar-refractivity contribution in [3.8, 4) is 0 Å². The van der Waals surface area contributed by atoms with E-state index in [9.17, 15) is 13.2 Å². The SMILES string of the molecule is CC(Nc1ccc(C(F)(F)F)cc1N1CCCC1)c1ccccc1. The molecule has 1 N–H and O–H groups in total. The van der Waals surface area contributed by atoms with Crippen molar-refractivity contribution in [1.82, 2.24) is 0 Å². The summed E-state index contributed by atoms with van der Waals surface area (Å²) in [6.45, 7) is 3.62. The largest absolute Gasteiger partial charge is 0.416 e. The van der Waals surface area contributed by atoms with Gasteiger partial charge in [0.25, 0.3) is 0 Å². The lowest BCUT2D eigenvalue weighted by molar-refractivity contribution is -0.137. The second-order valence-electron chi connectivity index (χ2n) is 6.20. The van der Waals surface area contributed by atoms with Crippen molar-refractivity contribution in [2.24, 2.45) is 0 Å². The number of rotatable bonds is 4. The van der Waals surface area contributed by atoms with Gasteiger partial charge in [0.1, 0.15) is 0 Å². The highest BCUT2D eigenvalue weighted by molar-refractivity contribution is 5.72. The Kier molecular flexibility index (Phi) is 4.69. The fraction of sp³-hybridized carbons (Fsp3) is 0.368. The summed E-state index contributed by atoms with van der Waals surface area (Å²) in [5.41, 5.74) is 1.90. The molecular weight excluding hydrogens is 313 g/mol. The van der Waals surface area contributed by atoms with Crippen LogP contribution in [0.25, 0.3) is 0 Å². The average Bonchev–Trinajstić information content (AvgIpc) is 3.09. The molecule has 1 fully saturated rings. The van der Waals surface area contributed by atoms with Crippen LogP contribution in [0, 0.1) is 0 Å². The lowest BCUT2D eigenvalue weighted by Gasteiger charge is -2.25. The van der Waals surface area contributed by atoms with Gasteiger partial charge in [-0.15, -0.1) is 0 Å². The second kappa shape index (κ2) is 6.75. The van der Waals surface area contributed by atoms with Crippen LogP contribution in [-0.4, -0.2) is 13.1 Å². The van der Waals surface area contributed by atoms with Gasteiger partial charge in [0.2, 0.25) is 0 Å². The number of anilines is 2. The Hall–Kier alpha value is -2.17. The van der Waals surface area contributed by atoms with E-state index in [0.29, 0.717) is 5.69 Å². The molecule has 5 heteroatoms. The first-order valence-corrected chi connectivity index (χ1v) is 8.23. The number of benzene rings is 2. The van der Waals surface area contributed by atoms with Gasteiger partial charge in [0.05, 0.1) is 16.9 Å². The van der Waals surface area contributed by atoms with Crippen molar-refractivity contribution in [1.29, 1.82) is 0 Å². The monoisotopic (exact) mass is 334 g/mol. The zero-order valence-corrected chi connectivity index (χ0v) is 13.6. The highest BCUT2D eigenvalue weighted by Crippen LogP contribution is 2.38. The molecule has 0 aromatic heterocycles. The van der Waals surface area contributed by atoms with Crippen molar-refractivity contribution in [2.45, 2.75) is 32.0 Å². The number of halogens is 3. The van der Waals surface area contributed by atoms with Crippen LogP contribution in [0.4, 0.5) is 24.5 Å². The number of nitrogens with zero attached hydrogens (tertiary/aromatic N) is 1. The predicted octanol–water partition coefficient (Wildman–Crippen LogP) is 5.48. The zero-order chi connectivity index (χ0) is 17.2. The van der Waals surface area contributed by atoms with Crippen molar-refractivity contribution < 1.29 is 13.2 Å². The van der Waals surface area contributed by atoms with Crippen LogP contribution in [0.3, 0.4) is 0 Å². The Labute approximate surface area is 140 Å². The van der Waals surface area contributed by atoms with Crippen molar-refractivity contribution in [2.75, 3.05) is 23.3 Å². The summed E-state index contributed by atoms with van der Waals surface area (Å²) in [5, 5.41) is 3.37. The van der Waals surface area contributed by atoms with Gasteiger partial charge in [-0.05, 0) is 43.5 Å². The first-order chi connectivity index (χ1) is 11.4. The highest BCUT2D eigenvalue weighted by atomic mass is 19.4. The van der Waals surface area contributed by atoms with Gasteiger partial charge in [-0.2, -0.15) is 13.2 Å². The van der Waals surface area contributed by atoms with Crippen molar-refractivity contribution >= 4 is 11.4 Å². The van der Waals surface area contributed by atoms with Gasteiger partial charge in [-0.3, -0.25) is 0 Å². The maximum Gasteiger partial charge on any atom is 0.416 e. The Morgan fingerprint density at radius 2 is 1.67 bits per heavy atom. The molecule has 3 rings (SSSR count). The minimum Gasteiger partial charge on any atom is -0.377 e. The molecule has 0 radical (unpaired) electrons. The van der Waals surface area contributed by atoms with E-state index >= 15 is 0 Å². The van der Waals surface area contributed by atoms with E-state index in [2.05, 4.69) is 5.32 Å². The van der Waals surface area contributed by atoms with Crippen LogP contribution in [0.2, 0.25) is 0 Å². The van der Waals surface area contributed by atoms with Gasteiger partial charge < -0.3 is 10.2 Å². The maximum absolute atomic E-state index is 13.1. The molecule has 2 aromatic carbocycles. The number of hydrogen-bond acceptors (Lipinski definition) is 2. The molecule has 1 atom stereocenters. The van der Waals surface area contributed by atoms with Gasteiger partial charge in [0.15, 0.2) is 0 Å². The first-order valence-electron chi connectivity index (χ1n) is 8.23. The molecular formula is C19H21F3N2. The minimum absolute atomic E-state index is 0.0179. The van der Waals surface area contributed by atoms with Crippen molar-refractivity contribution in [3.05, 3.63) is 59.7 Å². The third-order valence-electron chi connectivity index (χ3n) is 4.44. The molecule has 0 aliphatic carbocycles. The molecule has 1 heterocycles. The minimum atomic E-state index is -4.32. The predicted molar refractivity (Wildman–Crippen MR) is 91.4 cm³/mol. The quantitative estimate of drug-likeness (QED) is 0.796. The Bertz CT molecular complexity index is 677. The van der Waals surface area contributed by atoms with Gasteiger partial charge in [-0.1, -0.05) is 30.3 Å². The topological polar surface area (TPSA) is 15.3 Å². The molecule has 1 unspecified atom stereocenters. The molecule has 1 saturated heterocycles. The molecule has 24 heavy (non-hydrogen) atoms. The van der Waals surface area contributed by atoms with Crippen LogP contribution in [0.1, 0.15) is 36.9 Å². The second-order valence-corrected chi connectivity index (χ2v) is 6.20. The Morgan fingerprint density at radius 1 is 1.00 bits per heavy atom. The number of alkyl halides is 3. The summed E-state index contributed by atoms with van der Waals surface area (Å²) >= 11 is 0. The molecule has 128 valence electrons. The van der Waals surface area contributed by atoms with Gasteiger partial charge >= 0.3 is 6.18 Å². The van der Waals surface area contributed by atoms with E-state index in [4.69, 9.17) is 0 Å². The summed E-state index contributed by atoms with van der Waals surface area (Å²) in [5.74, 6) is 0. The van der Waals surface area contributed by atoms with E-state index in [1.165, 1.54) is 6.07 Å². The van der Waals surface area contributed by atoms with E-state index < -0.39 is 11.7 Å². The normalized spacial score (nSPS) is 16.2. The molecule has 0 amide bonds. The van der Waals surface area contributed by atoms with Gasteiger partial charge in [0, 0.05) is 19.1 Å². The fourth-order valence-electron chi connectivity index (χ4n) is 3.11. The molecule has 0 bridgehead atoms. The van der Waals surface area contributed by atoms with E-state index in [1.807, 2.05) is 42.2 Å². The number of hydrogen-bond donors (Lipinski definition) is 1. The van der Waals surface area contributed by atoms with E-state index in [1.54, 1.807) is 6.07 Å². The zero-order valence-electron chi connectivity index (χ0n) is 13.6. The summed E-state index contributed by atoms with van der Waals surface area (Å²) in [6, 6.07) is 13.9. The summed E-state index contributed by atoms with van der Waals surface area (Å²) in [4.78, 5) is 2.04. The lowest BCUT2D eigenvalue weighted by Crippen LogP contribution is -2.21. The highest BCUT2D eigenvalue weighted by Gasteiger charge is 2.32.